The van der Waals surface area contributed by atoms with E-state index in [1.54, 1.807) is 30.3 Å². The van der Waals surface area contributed by atoms with Crippen molar-refractivity contribution in [2.24, 2.45) is 0 Å². The fraction of sp³-hybridized carbons (Fsp3) is 0.143. The molecule has 3 aromatic rings. The Morgan fingerprint density at radius 3 is 2.19 bits per heavy atom. The molecule has 164 valence electrons. The zero-order chi connectivity index (χ0) is 22.8. The molecular formula is C21H21ClN2O5S2. The predicted octanol–water partition coefficient (Wildman–Crippen LogP) is 4.57. The van der Waals surface area contributed by atoms with Gasteiger partial charge in [-0.25, -0.2) is 16.8 Å². The van der Waals surface area contributed by atoms with Gasteiger partial charge in [0.15, 0.2) is 0 Å². The van der Waals surface area contributed by atoms with E-state index in [-0.39, 0.29) is 26.2 Å². The number of hydrogen-bond donors (Lipinski definition) is 2. The molecule has 0 spiro atoms. The van der Waals surface area contributed by atoms with Gasteiger partial charge < -0.3 is 4.74 Å². The van der Waals surface area contributed by atoms with Crippen molar-refractivity contribution in [2.45, 2.75) is 23.6 Å². The third kappa shape index (κ3) is 5.12. The minimum atomic E-state index is -4.13. The van der Waals surface area contributed by atoms with E-state index < -0.39 is 20.0 Å². The minimum Gasteiger partial charge on any atom is -0.495 e. The van der Waals surface area contributed by atoms with Crippen molar-refractivity contribution in [3.63, 3.8) is 0 Å². The van der Waals surface area contributed by atoms with Crippen LogP contribution in [0, 0.1) is 13.8 Å². The Kier molecular flexibility index (Phi) is 6.49. The summed E-state index contributed by atoms with van der Waals surface area (Å²) in [7, 11) is -6.64. The normalized spacial score (nSPS) is 11.7. The molecule has 0 radical (unpaired) electrons. The van der Waals surface area contributed by atoms with Gasteiger partial charge in [-0.2, -0.15) is 0 Å². The fourth-order valence-electron chi connectivity index (χ4n) is 2.80. The molecule has 0 aliphatic rings. The second-order valence-electron chi connectivity index (χ2n) is 6.80. The van der Waals surface area contributed by atoms with Crippen LogP contribution in [-0.4, -0.2) is 23.9 Å². The maximum Gasteiger partial charge on any atom is 0.263 e. The van der Waals surface area contributed by atoms with Crippen LogP contribution in [0.2, 0.25) is 5.02 Å². The monoisotopic (exact) mass is 480 g/mol. The Hall–Kier alpha value is -2.75. The first-order valence-electron chi connectivity index (χ1n) is 9.09. The molecule has 0 amide bonds. The van der Waals surface area contributed by atoms with Gasteiger partial charge in [-0.05, 0) is 67.4 Å². The lowest BCUT2D eigenvalue weighted by Crippen LogP contribution is -2.16. The third-order valence-electron chi connectivity index (χ3n) is 4.61. The highest BCUT2D eigenvalue weighted by Gasteiger charge is 2.22. The third-order valence-corrected chi connectivity index (χ3v) is 7.84. The van der Waals surface area contributed by atoms with Crippen molar-refractivity contribution in [3.8, 4) is 5.75 Å². The molecule has 0 saturated heterocycles. The van der Waals surface area contributed by atoms with E-state index in [4.69, 9.17) is 16.3 Å². The van der Waals surface area contributed by atoms with E-state index in [0.717, 1.165) is 11.1 Å². The van der Waals surface area contributed by atoms with Crippen LogP contribution < -0.4 is 14.2 Å². The summed E-state index contributed by atoms with van der Waals surface area (Å²) in [6.07, 6.45) is 0. The lowest BCUT2D eigenvalue weighted by atomic mass is 10.1. The highest BCUT2D eigenvalue weighted by molar-refractivity contribution is 7.93. The van der Waals surface area contributed by atoms with Gasteiger partial charge in [0.1, 0.15) is 10.6 Å². The van der Waals surface area contributed by atoms with Gasteiger partial charge in [-0.1, -0.05) is 29.8 Å². The Morgan fingerprint density at radius 1 is 0.806 bits per heavy atom. The number of anilines is 2. The van der Waals surface area contributed by atoms with E-state index in [1.807, 2.05) is 13.8 Å². The number of ether oxygens (including phenoxy) is 1. The van der Waals surface area contributed by atoms with Gasteiger partial charge in [0.25, 0.3) is 20.0 Å². The van der Waals surface area contributed by atoms with Crippen molar-refractivity contribution in [2.75, 3.05) is 16.6 Å². The number of sulfonamides is 2. The number of nitrogens with one attached hydrogen (secondary N) is 2. The lowest BCUT2D eigenvalue weighted by molar-refractivity contribution is 0.417. The van der Waals surface area contributed by atoms with Gasteiger partial charge in [0, 0.05) is 0 Å². The smallest absolute Gasteiger partial charge is 0.263 e. The van der Waals surface area contributed by atoms with Crippen molar-refractivity contribution in [1.82, 2.24) is 0 Å². The molecule has 0 aliphatic carbocycles. The highest BCUT2D eigenvalue weighted by Crippen LogP contribution is 2.31. The SMILES string of the molecule is COc1ccccc1NS(=O)(=O)c1cc(NS(=O)(=O)c2ccc(C)c(C)c2)ccc1Cl. The van der Waals surface area contributed by atoms with Crippen molar-refractivity contribution in [3.05, 3.63) is 76.8 Å². The molecule has 7 nitrogen and oxygen atoms in total. The fourth-order valence-corrected chi connectivity index (χ4v) is 5.53. The van der Waals surface area contributed by atoms with Crippen LogP contribution in [0.4, 0.5) is 11.4 Å². The molecule has 31 heavy (non-hydrogen) atoms. The number of benzene rings is 3. The van der Waals surface area contributed by atoms with E-state index >= 15 is 0 Å². The van der Waals surface area contributed by atoms with Gasteiger partial charge in [0.05, 0.1) is 28.4 Å². The number of para-hydroxylation sites is 2. The van der Waals surface area contributed by atoms with Crippen molar-refractivity contribution in [1.29, 1.82) is 0 Å². The highest BCUT2D eigenvalue weighted by atomic mass is 35.5. The number of rotatable bonds is 7. The molecule has 0 atom stereocenters. The van der Waals surface area contributed by atoms with E-state index in [0.29, 0.717) is 5.75 Å². The second kappa shape index (κ2) is 8.78. The first-order valence-corrected chi connectivity index (χ1v) is 12.4. The van der Waals surface area contributed by atoms with Crippen molar-refractivity contribution >= 4 is 43.0 Å². The molecule has 0 aliphatic heterocycles. The summed E-state index contributed by atoms with van der Waals surface area (Å²) in [6.45, 7) is 3.69. The number of aryl methyl sites for hydroxylation is 2. The standard InChI is InChI=1S/C21H21ClN2O5S2/c1-14-8-10-17(12-15(14)2)30(25,26)23-16-9-11-18(22)21(13-16)31(27,28)24-19-6-4-5-7-20(19)29-3/h4-13,23-24H,1-3H3. The molecule has 0 aromatic heterocycles. The molecule has 0 heterocycles. The summed E-state index contributed by atoms with van der Waals surface area (Å²) in [5, 5.41) is -0.0588. The van der Waals surface area contributed by atoms with Gasteiger partial charge in [-0.3, -0.25) is 9.44 Å². The average Bonchev–Trinajstić information content (AvgIpc) is 2.71. The van der Waals surface area contributed by atoms with Crippen LogP contribution >= 0.6 is 11.6 Å². The van der Waals surface area contributed by atoms with E-state index in [9.17, 15) is 16.8 Å². The average molecular weight is 481 g/mol. The molecule has 0 bridgehead atoms. The van der Waals surface area contributed by atoms with Crippen LogP contribution in [0.3, 0.4) is 0 Å². The van der Waals surface area contributed by atoms with E-state index in [1.165, 1.54) is 37.4 Å². The summed E-state index contributed by atoms with van der Waals surface area (Å²) in [5.74, 6) is 0.328. The summed E-state index contributed by atoms with van der Waals surface area (Å²) < 4.78 is 61.4. The van der Waals surface area contributed by atoms with Crippen LogP contribution in [0.5, 0.6) is 5.75 Å². The number of methoxy groups -OCH3 is 1. The first-order chi connectivity index (χ1) is 14.5. The number of halogens is 1. The maximum absolute atomic E-state index is 12.9. The summed E-state index contributed by atoms with van der Waals surface area (Å²) in [6, 6.07) is 15.1. The van der Waals surface area contributed by atoms with Crippen LogP contribution in [0.15, 0.2) is 70.5 Å². The molecule has 3 aromatic carbocycles. The largest absolute Gasteiger partial charge is 0.495 e. The number of hydrogen-bond acceptors (Lipinski definition) is 5. The molecule has 0 fully saturated rings. The minimum absolute atomic E-state index is 0.0584. The van der Waals surface area contributed by atoms with Crippen LogP contribution in [-0.2, 0) is 20.0 Å². The summed E-state index contributed by atoms with van der Waals surface area (Å²) in [4.78, 5) is -0.206. The topological polar surface area (TPSA) is 102 Å². The molecule has 0 unspecified atom stereocenters. The van der Waals surface area contributed by atoms with Gasteiger partial charge in [0.2, 0.25) is 0 Å². The van der Waals surface area contributed by atoms with Gasteiger partial charge >= 0.3 is 0 Å². The zero-order valence-corrected chi connectivity index (χ0v) is 19.4. The zero-order valence-electron chi connectivity index (χ0n) is 17.0. The Bertz CT molecular complexity index is 1340. The van der Waals surface area contributed by atoms with E-state index in [2.05, 4.69) is 9.44 Å². The Labute approximate surface area is 187 Å². The van der Waals surface area contributed by atoms with Crippen molar-refractivity contribution < 1.29 is 21.6 Å². The molecule has 10 heteroatoms. The summed E-state index contributed by atoms with van der Waals surface area (Å²) >= 11 is 6.12. The summed E-state index contributed by atoms with van der Waals surface area (Å²) in [5.41, 5.74) is 2.06. The molecule has 0 saturated carbocycles. The quantitative estimate of drug-likeness (QED) is 0.516. The maximum atomic E-state index is 12.9. The molecular weight excluding hydrogens is 460 g/mol. The lowest BCUT2D eigenvalue weighted by Gasteiger charge is -2.14. The Morgan fingerprint density at radius 2 is 1.52 bits per heavy atom. The first kappa shape index (κ1) is 22.9. The van der Waals surface area contributed by atoms with Gasteiger partial charge in [-0.15, -0.1) is 0 Å². The Balaban J connectivity index is 1.95. The van der Waals surface area contributed by atoms with Crippen LogP contribution in [0.1, 0.15) is 11.1 Å². The molecule has 2 N–H and O–H groups in total. The van der Waals surface area contributed by atoms with Crippen LogP contribution in [0.25, 0.3) is 0 Å². The predicted molar refractivity (Wildman–Crippen MR) is 122 cm³/mol. The second-order valence-corrected chi connectivity index (χ2v) is 10.5. The molecule has 3 rings (SSSR count).